The van der Waals surface area contributed by atoms with Crippen LogP contribution in [0.5, 0.6) is 5.75 Å². The quantitative estimate of drug-likeness (QED) is 0.731. The average Bonchev–Trinajstić information content (AvgIpc) is 3.35. The van der Waals surface area contributed by atoms with Crippen LogP contribution < -0.4 is 15.0 Å². The van der Waals surface area contributed by atoms with Crippen LogP contribution in [0.4, 0.5) is 5.13 Å². The number of hydrogen-bond donors (Lipinski definition) is 1. The minimum atomic E-state index is 0.486. The van der Waals surface area contributed by atoms with E-state index in [1.807, 2.05) is 25.5 Å². The third kappa shape index (κ3) is 3.06. The number of piperidine rings is 1. The summed E-state index contributed by atoms with van der Waals surface area (Å²) >= 11 is 1.64. The van der Waals surface area contributed by atoms with Gasteiger partial charge in [0.05, 0.1) is 18.9 Å². The fourth-order valence-corrected chi connectivity index (χ4v) is 5.11. The number of nitrogens with zero attached hydrogens (tertiary/aromatic N) is 5. The SMILES string of the molecule is COc1cc(-c2cnn(C)c2)ccc1-c1nnc(N2CC3(CCNCC3)C2)s1. The number of hydrogen-bond acceptors (Lipinski definition) is 7. The van der Waals surface area contributed by atoms with Gasteiger partial charge in [0.15, 0.2) is 5.01 Å². The van der Waals surface area contributed by atoms with Crippen molar-refractivity contribution < 1.29 is 4.74 Å². The molecule has 8 heteroatoms. The maximum absolute atomic E-state index is 5.66. The van der Waals surface area contributed by atoms with E-state index < -0.39 is 0 Å². The van der Waals surface area contributed by atoms with E-state index in [9.17, 15) is 0 Å². The highest BCUT2D eigenvalue weighted by Gasteiger charge is 2.44. The number of aryl methyl sites for hydroxylation is 1. The Bertz CT molecular complexity index is 982. The van der Waals surface area contributed by atoms with Crippen molar-refractivity contribution in [3.8, 4) is 27.4 Å². The number of nitrogens with one attached hydrogen (secondary N) is 1. The molecule has 146 valence electrons. The van der Waals surface area contributed by atoms with Crippen LogP contribution in [0.15, 0.2) is 30.6 Å². The monoisotopic (exact) mass is 396 g/mol. The second-order valence-electron chi connectivity index (χ2n) is 7.81. The molecule has 2 saturated heterocycles. The molecule has 7 nitrogen and oxygen atoms in total. The van der Waals surface area contributed by atoms with Crippen molar-refractivity contribution in [3.63, 3.8) is 0 Å². The minimum absolute atomic E-state index is 0.486. The standard InChI is InChI=1S/C20H24N6OS/c1-25-11-15(10-22-25)14-3-4-16(17(9-14)27-2)18-23-24-19(28-18)26-12-20(13-26)5-7-21-8-6-20/h3-4,9-11,21H,5-8,12-13H2,1-2H3. The van der Waals surface area contributed by atoms with E-state index in [1.54, 1.807) is 23.1 Å². The predicted molar refractivity (Wildman–Crippen MR) is 111 cm³/mol. The Labute approximate surface area is 168 Å². The summed E-state index contributed by atoms with van der Waals surface area (Å²) in [5.41, 5.74) is 3.61. The van der Waals surface area contributed by atoms with Gasteiger partial charge in [0.1, 0.15) is 5.75 Å². The van der Waals surface area contributed by atoms with Crippen molar-refractivity contribution in [2.75, 3.05) is 38.2 Å². The third-order valence-electron chi connectivity index (χ3n) is 5.87. The van der Waals surface area contributed by atoms with Crippen LogP contribution in [-0.2, 0) is 7.05 Å². The van der Waals surface area contributed by atoms with Gasteiger partial charge in [0.2, 0.25) is 5.13 Å². The lowest BCUT2D eigenvalue weighted by atomic mass is 9.73. The van der Waals surface area contributed by atoms with Crippen LogP contribution in [0.25, 0.3) is 21.7 Å². The molecule has 4 heterocycles. The number of anilines is 1. The third-order valence-corrected chi connectivity index (χ3v) is 6.89. The van der Waals surface area contributed by atoms with E-state index in [4.69, 9.17) is 4.74 Å². The van der Waals surface area contributed by atoms with Gasteiger partial charge in [-0.3, -0.25) is 4.68 Å². The van der Waals surface area contributed by atoms with E-state index in [1.165, 1.54) is 12.8 Å². The molecule has 28 heavy (non-hydrogen) atoms. The summed E-state index contributed by atoms with van der Waals surface area (Å²) in [5, 5.41) is 18.5. The Balaban J connectivity index is 1.37. The van der Waals surface area contributed by atoms with Gasteiger partial charge >= 0.3 is 0 Å². The van der Waals surface area contributed by atoms with Crippen LogP contribution in [0.3, 0.4) is 0 Å². The fraction of sp³-hybridized carbons (Fsp3) is 0.450. The van der Waals surface area contributed by atoms with Crippen molar-refractivity contribution in [1.29, 1.82) is 0 Å². The zero-order valence-electron chi connectivity index (χ0n) is 16.2. The molecular formula is C20H24N6OS. The van der Waals surface area contributed by atoms with Crippen molar-refractivity contribution in [2.45, 2.75) is 12.8 Å². The molecule has 1 aromatic carbocycles. The first-order chi connectivity index (χ1) is 13.7. The van der Waals surface area contributed by atoms with Crippen molar-refractivity contribution in [3.05, 3.63) is 30.6 Å². The minimum Gasteiger partial charge on any atom is -0.496 e. The highest BCUT2D eigenvalue weighted by atomic mass is 32.1. The number of methoxy groups -OCH3 is 1. The molecule has 2 aliphatic rings. The topological polar surface area (TPSA) is 68.1 Å². The van der Waals surface area contributed by atoms with E-state index in [-0.39, 0.29) is 0 Å². The molecule has 0 atom stereocenters. The molecule has 1 spiro atoms. The molecule has 2 aromatic heterocycles. The molecule has 3 aromatic rings. The summed E-state index contributed by atoms with van der Waals surface area (Å²) in [7, 11) is 3.62. The molecule has 0 aliphatic carbocycles. The van der Waals surface area contributed by atoms with Gasteiger partial charge in [-0.15, -0.1) is 10.2 Å². The second-order valence-corrected chi connectivity index (χ2v) is 8.77. The average molecular weight is 397 g/mol. The van der Waals surface area contributed by atoms with E-state index >= 15 is 0 Å². The van der Waals surface area contributed by atoms with E-state index in [2.05, 4.69) is 37.6 Å². The summed E-state index contributed by atoms with van der Waals surface area (Å²) in [4.78, 5) is 2.36. The maximum atomic E-state index is 5.66. The highest BCUT2D eigenvalue weighted by molar-refractivity contribution is 7.18. The van der Waals surface area contributed by atoms with Crippen LogP contribution in [0.2, 0.25) is 0 Å². The van der Waals surface area contributed by atoms with Crippen LogP contribution >= 0.6 is 11.3 Å². The van der Waals surface area contributed by atoms with Crippen molar-refractivity contribution >= 4 is 16.5 Å². The molecule has 2 aliphatic heterocycles. The maximum Gasteiger partial charge on any atom is 0.208 e. The Morgan fingerprint density at radius 1 is 1.14 bits per heavy atom. The lowest BCUT2D eigenvalue weighted by Crippen LogP contribution is -2.60. The predicted octanol–water partition coefficient (Wildman–Crippen LogP) is 2.80. The van der Waals surface area contributed by atoms with E-state index in [0.717, 1.165) is 58.8 Å². The zero-order valence-corrected chi connectivity index (χ0v) is 17.0. The Morgan fingerprint density at radius 2 is 1.96 bits per heavy atom. The number of rotatable bonds is 4. The summed E-state index contributed by atoms with van der Waals surface area (Å²) in [6, 6.07) is 6.19. The Hall–Kier alpha value is -2.45. The summed E-state index contributed by atoms with van der Waals surface area (Å²) < 4.78 is 7.46. The Morgan fingerprint density at radius 3 is 2.68 bits per heavy atom. The van der Waals surface area contributed by atoms with Gasteiger partial charge in [0, 0.05) is 37.3 Å². The molecule has 1 N–H and O–H groups in total. The normalized spacial score (nSPS) is 18.3. The zero-order chi connectivity index (χ0) is 19.1. The molecular weight excluding hydrogens is 372 g/mol. The van der Waals surface area contributed by atoms with E-state index in [0.29, 0.717) is 5.41 Å². The first-order valence-corrected chi connectivity index (χ1v) is 10.4. The lowest BCUT2D eigenvalue weighted by Gasteiger charge is -2.52. The Kier molecular flexibility index (Phi) is 4.32. The largest absolute Gasteiger partial charge is 0.496 e. The molecule has 0 bridgehead atoms. The number of ether oxygens (including phenoxy) is 1. The first kappa shape index (κ1) is 17.6. The molecule has 0 saturated carbocycles. The molecule has 5 rings (SSSR count). The van der Waals surface area contributed by atoms with Crippen molar-refractivity contribution in [1.82, 2.24) is 25.3 Å². The molecule has 2 fully saturated rings. The fourth-order valence-electron chi connectivity index (χ4n) is 4.24. The van der Waals surface area contributed by atoms with Gasteiger partial charge in [-0.1, -0.05) is 17.4 Å². The van der Waals surface area contributed by atoms with Crippen LogP contribution in [0, 0.1) is 5.41 Å². The van der Waals surface area contributed by atoms with Crippen LogP contribution in [0.1, 0.15) is 12.8 Å². The summed E-state index contributed by atoms with van der Waals surface area (Å²) in [5.74, 6) is 0.808. The second kappa shape index (κ2) is 6.86. The summed E-state index contributed by atoms with van der Waals surface area (Å²) in [6.45, 7) is 4.46. The smallest absolute Gasteiger partial charge is 0.208 e. The summed E-state index contributed by atoms with van der Waals surface area (Å²) in [6.07, 6.45) is 6.38. The highest BCUT2D eigenvalue weighted by Crippen LogP contribution is 2.44. The molecule has 0 amide bonds. The van der Waals surface area contributed by atoms with Gasteiger partial charge in [-0.25, -0.2) is 0 Å². The van der Waals surface area contributed by atoms with Crippen molar-refractivity contribution in [2.24, 2.45) is 12.5 Å². The van der Waals surface area contributed by atoms with Gasteiger partial charge in [-0.05, 0) is 43.6 Å². The molecule has 0 radical (unpaired) electrons. The first-order valence-electron chi connectivity index (χ1n) is 9.62. The van der Waals surface area contributed by atoms with Gasteiger partial charge in [-0.2, -0.15) is 5.10 Å². The lowest BCUT2D eigenvalue weighted by molar-refractivity contribution is 0.149. The van der Waals surface area contributed by atoms with Gasteiger partial charge < -0.3 is 15.0 Å². The number of benzene rings is 1. The van der Waals surface area contributed by atoms with Gasteiger partial charge in [0.25, 0.3) is 0 Å². The molecule has 0 unspecified atom stereocenters. The van der Waals surface area contributed by atoms with Crippen LogP contribution in [-0.4, -0.2) is 53.3 Å². The number of aromatic nitrogens is 4.